The molecule has 1 saturated heterocycles. The Balaban J connectivity index is 1.79. The van der Waals surface area contributed by atoms with Crippen LogP contribution in [-0.2, 0) is 9.53 Å². The number of rotatable bonds is 5. The molecule has 1 heterocycles. The molecule has 23 heavy (non-hydrogen) atoms. The number of alkyl halides is 3. The van der Waals surface area contributed by atoms with Gasteiger partial charge in [0.2, 0.25) is 0 Å². The SMILES string of the molecule is CC(O)NC[I-]N1C(=O)C(F)(F)OC2C=CC(N=C3CC3)=CC21. The molecule has 0 spiro atoms. The summed E-state index contributed by atoms with van der Waals surface area (Å²) in [5.74, 6) is -1.32. The molecule has 2 fully saturated rings. The number of carbonyl (C=O) groups excluding carboxylic acids is 1. The van der Waals surface area contributed by atoms with E-state index in [-0.39, 0.29) is 0 Å². The number of amides is 1. The van der Waals surface area contributed by atoms with Crippen molar-refractivity contribution in [3.05, 3.63) is 23.9 Å². The minimum atomic E-state index is -3.82. The molecule has 9 heteroatoms. The standard InChI is InChI=1S/C14H17F2IN3O3/c1-8(21)18-7-17-20-11-6-10(19-9-2-3-9)4-5-12(11)23-14(15,16)13(20)22/h4-6,8,11-12,18,21H,2-3,7H2,1H3/q-1. The third kappa shape index (κ3) is 3.95. The van der Waals surface area contributed by atoms with E-state index in [9.17, 15) is 18.7 Å². The van der Waals surface area contributed by atoms with Gasteiger partial charge in [-0.25, -0.2) is 0 Å². The van der Waals surface area contributed by atoms with Gasteiger partial charge in [-0.15, -0.1) is 0 Å². The van der Waals surface area contributed by atoms with Gasteiger partial charge in [0.1, 0.15) is 0 Å². The van der Waals surface area contributed by atoms with Crippen LogP contribution in [0.2, 0.25) is 0 Å². The second-order valence-electron chi connectivity index (χ2n) is 5.47. The molecule has 1 saturated carbocycles. The van der Waals surface area contributed by atoms with Crippen molar-refractivity contribution in [3.8, 4) is 0 Å². The number of nitrogens with zero attached hydrogens (tertiary/aromatic N) is 2. The Morgan fingerprint density at radius 2 is 2.35 bits per heavy atom. The fraction of sp³-hybridized carbons (Fsp3) is 0.571. The molecular formula is C14H17F2IN3O3-. The topological polar surface area (TPSA) is 74.2 Å². The quantitative estimate of drug-likeness (QED) is 0.167. The van der Waals surface area contributed by atoms with Crippen LogP contribution in [0.15, 0.2) is 28.9 Å². The van der Waals surface area contributed by atoms with E-state index >= 15 is 0 Å². The Kier molecular flexibility index (Phi) is 4.81. The number of morpholine rings is 1. The van der Waals surface area contributed by atoms with E-state index in [0.717, 1.165) is 18.6 Å². The van der Waals surface area contributed by atoms with E-state index in [2.05, 4.69) is 15.0 Å². The third-order valence-electron chi connectivity index (χ3n) is 3.45. The number of allylic oxidation sites excluding steroid dienone is 1. The van der Waals surface area contributed by atoms with Gasteiger partial charge >= 0.3 is 143 Å². The van der Waals surface area contributed by atoms with Gasteiger partial charge in [0.25, 0.3) is 0 Å². The fourth-order valence-electron chi connectivity index (χ4n) is 2.19. The van der Waals surface area contributed by atoms with Crippen LogP contribution in [0.5, 0.6) is 0 Å². The molecule has 3 rings (SSSR count). The molecule has 0 radical (unpaired) electrons. The number of ether oxygens (including phenoxy) is 1. The van der Waals surface area contributed by atoms with Crippen LogP contribution in [0.25, 0.3) is 0 Å². The van der Waals surface area contributed by atoms with Crippen LogP contribution in [-0.4, -0.2) is 48.9 Å². The van der Waals surface area contributed by atoms with E-state index in [4.69, 9.17) is 0 Å². The fourth-order valence-corrected chi connectivity index (χ4v) is 4.91. The summed E-state index contributed by atoms with van der Waals surface area (Å²) < 4.78 is 33.7. The van der Waals surface area contributed by atoms with E-state index in [0.29, 0.717) is 10.2 Å². The summed E-state index contributed by atoms with van der Waals surface area (Å²) in [5.41, 5.74) is 1.75. The summed E-state index contributed by atoms with van der Waals surface area (Å²) in [6, 6.07) is -0.575. The van der Waals surface area contributed by atoms with Crippen molar-refractivity contribution >= 4 is 11.6 Å². The normalized spacial score (nSPS) is 30.1. The first-order chi connectivity index (χ1) is 10.9. The van der Waals surface area contributed by atoms with Crippen LogP contribution in [0.4, 0.5) is 8.78 Å². The van der Waals surface area contributed by atoms with Crippen LogP contribution in [0, 0.1) is 0 Å². The molecule has 0 bridgehead atoms. The van der Waals surface area contributed by atoms with Crippen molar-refractivity contribution in [2.75, 3.05) is 4.55 Å². The molecule has 3 unspecified atom stereocenters. The van der Waals surface area contributed by atoms with Gasteiger partial charge in [-0.2, -0.15) is 0 Å². The molecule has 3 aliphatic rings. The molecule has 1 amide bonds. The molecule has 0 aromatic heterocycles. The van der Waals surface area contributed by atoms with Crippen LogP contribution in [0.3, 0.4) is 0 Å². The van der Waals surface area contributed by atoms with Crippen molar-refractivity contribution in [2.24, 2.45) is 4.99 Å². The summed E-state index contributed by atoms with van der Waals surface area (Å²) >= 11 is -1.07. The Labute approximate surface area is 142 Å². The minimum absolute atomic E-state index is 0.309. The number of aliphatic hydroxyl groups is 1. The van der Waals surface area contributed by atoms with Gasteiger partial charge < -0.3 is 0 Å². The van der Waals surface area contributed by atoms with Crippen LogP contribution >= 0.6 is 0 Å². The van der Waals surface area contributed by atoms with Gasteiger partial charge in [0.15, 0.2) is 0 Å². The predicted molar refractivity (Wildman–Crippen MR) is 74.0 cm³/mol. The number of hydrogen-bond acceptors (Lipinski definition) is 5. The van der Waals surface area contributed by atoms with Crippen LogP contribution in [0.1, 0.15) is 19.8 Å². The zero-order valence-corrected chi connectivity index (χ0v) is 14.5. The van der Waals surface area contributed by atoms with Crippen molar-refractivity contribution in [3.63, 3.8) is 0 Å². The molecule has 1 aliphatic heterocycles. The average Bonchev–Trinajstić information content (AvgIpc) is 3.27. The van der Waals surface area contributed by atoms with E-state index in [1.54, 1.807) is 12.2 Å². The van der Waals surface area contributed by atoms with Gasteiger partial charge in [0.05, 0.1) is 0 Å². The number of carbonyl (C=O) groups is 1. The summed E-state index contributed by atoms with van der Waals surface area (Å²) in [5, 5.41) is 12.0. The molecule has 2 N–H and O–H groups in total. The zero-order chi connectivity index (χ0) is 16.6. The number of hydrogen-bond donors (Lipinski definition) is 2. The average molecular weight is 440 g/mol. The Hall–Kier alpha value is -0.910. The van der Waals surface area contributed by atoms with Crippen molar-refractivity contribution in [1.82, 2.24) is 8.43 Å². The van der Waals surface area contributed by atoms with Crippen molar-refractivity contribution in [1.29, 1.82) is 0 Å². The number of fused-ring (bicyclic) bond motifs is 1. The predicted octanol–water partition coefficient (Wildman–Crippen LogP) is -2.25. The summed E-state index contributed by atoms with van der Waals surface area (Å²) in [7, 11) is 0. The number of aliphatic imine (C=N–C) groups is 1. The number of halogens is 3. The van der Waals surface area contributed by atoms with Crippen LogP contribution < -0.4 is 26.8 Å². The Bertz CT molecular complexity index is 586. The van der Waals surface area contributed by atoms with Gasteiger partial charge in [-0.1, -0.05) is 0 Å². The third-order valence-corrected chi connectivity index (χ3v) is 6.04. The molecule has 0 aromatic rings. The summed E-state index contributed by atoms with van der Waals surface area (Å²) in [6.45, 7) is 1.54. The monoisotopic (exact) mass is 440 g/mol. The van der Waals surface area contributed by atoms with E-state index in [1.807, 2.05) is 0 Å². The second-order valence-corrected chi connectivity index (χ2v) is 7.95. The van der Waals surface area contributed by atoms with Crippen molar-refractivity contribution in [2.45, 2.75) is 44.2 Å². The van der Waals surface area contributed by atoms with E-state index < -0.39 is 51.9 Å². The maximum atomic E-state index is 13.8. The van der Waals surface area contributed by atoms with Gasteiger partial charge in [-0.3, -0.25) is 0 Å². The van der Waals surface area contributed by atoms with Gasteiger partial charge in [-0.05, 0) is 0 Å². The first-order valence-corrected chi connectivity index (χ1v) is 9.72. The molecule has 128 valence electrons. The maximum absolute atomic E-state index is 13.8. The molecule has 2 aliphatic carbocycles. The zero-order valence-electron chi connectivity index (χ0n) is 12.4. The first-order valence-electron chi connectivity index (χ1n) is 7.23. The number of aliphatic hydroxyl groups excluding tert-OH is 1. The first kappa shape index (κ1) is 16.9. The number of nitrogens with one attached hydrogen (secondary N) is 1. The van der Waals surface area contributed by atoms with Gasteiger partial charge in [0, 0.05) is 0 Å². The second kappa shape index (κ2) is 6.54. The summed E-state index contributed by atoms with van der Waals surface area (Å²) in [4.78, 5) is 16.4. The Morgan fingerprint density at radius 3 is 3.00 bits per heavy atom. The Morgan fingerprint density at radius 1 is 1.61 bits per heavy atom. The molecule has 3 atom stereocenters. The van der Waals surface area contributed by atoms with Crippen molar-refractivity contribution < 1.29 is 44.9 Å². The summed E-state index contributed by atoms with van der Waals surface area (Å²) in [6.07, 6.45) is 1.38. The molecule has 6 nitrogen and oxygen atoms in total. The van der Waals surface area contributed by atoms with E-state index in [1.165, 1.54) is 16.1 Å². The molecule has 0 aromatic carbocycles. The molecular weight excluding hydrogens is 423 g/mol.